The van der Waals surface area contributed by atoms with Crippen LogP contribution in [0, 0.1) is 0 Å². The first-order chi connectivity index (χ1) is 2.27. The maximum atomic E-state index is 5.34. The SMILES string of the molecule is CC(Cl)CN.[Cl-]. The summed E-state index contributed by atoms with van der Waals surface area (Å²) in [6, 6.07) is 0. The molecule has 40 valence electrons. The molecule has 1 nitrogen and oxygen atoms in total. The van der Waals surface area contributed by atoms with E-state index in [1.807, 2.05) is 6.92 Å². The summed E-state index contributed by atoms with van der Waals surface area (Å²) in [5.74, 6) is 0. The Morgan fingerprint density at radius 1 is 1.83 bits per heavy atom. The Labute approximate surface area is 49.3 Å². The highest BCUT2D eigenvalue weighted by Crippen LogP contribution is 1.84. The van der Waals surface area contributed by atoms with Crippen LogP contribution < -0.4 is 18.1 Å². The summed E-state index contributed by atoms with van der Waals surface area (Å²) >= 11 is 5.34. The van der Waals surface area contributed by atoms with E-state index in [0.717, 1.165) is 0 Å². The Morgan fingerprint density at radius 2 is 2.00 bits per heavy atom. The molecule has 0 aliphatic rings. The predicted octanol–water partition coefficient (Wildman–Crippen LogP) is -2.42. The Balaban J connectivity index is 0. The normalized spacial score (nSPS) is 12.5. The van der Waals surface area contributed by atoms with Gasteiger partial charge in [-0.25, -0.2) is 0 Å². The summed E-state index contributed by atoms with van der Waals surface area (Å²) in [5, 5.41) is 0.134. The van der Waals surface area contributed by atoms with Crippen LogP contribution in [0.4, 0.5) is 0 Å². The van der Waals surface area contributed by atoms with Crippen LogP contribution in [0.5, 0.6) is 0 Å². The lowest BCUT2D eigenvalue weighted by molar-refractivity contribution is -0.00000117. The molecule has 0 amide bonds. The molecule has 0 saturated heterocycles. The minimum atomic E-state index is 0. The predicted molar refractivity (Wildman–Crippen MR) is 24.4 cm³/mol. The van der Waals surface area contributed by atoms with Crippen LogP contribution in [-0.2, 0) is 0 Å². The lowest BCUT2D eigenvalue weighted by atomic mass is 10.5. The molecule has 0 radical (unpaired) electrons. The van der Waals surface area contributed by atoms with Gasteiger partial charge in [0.2, 0.25) is 0 Å². The van der Waals surface area contributed by atoms with E-state index < -0.39 is 0 Å². The third kappa shape index (κ3) is 8.82. The lowest BCUT2D eigenvalue weighted by Crippen LogP contribution is -3.00. The van der Waals surface area contributed by atoms with Crippen LogP contribution in [0.3, 0.4) is 0 Å². The van der Waals surface area contributed by atoms with Gasteiger partial charge in [0, 0.05) is 11.9 Å². The lowest BCUT2D eigenvalue weighted by Gasteiger charge is -1.88. The molecule has 1 unspecified atom stereocenters. The molecule has 0 aromatic carbocycles. The van der Waals surface area contributed by atoms with Crippen LogP contribution in [0.1, 0.15) is 6.92 Å². The molecule has 0 heterocycles. The zero-order valence-electron chi connectivity index (χ0n) is 3.62. The average molecular weight is 129 g/mol. The summed E-state index contributed by atoms with van der Waals surface area (Å²) in [7, 11) is 0. The Bertz CT molecular complexity index is 22.8. The zero-order valence-corrected chi connectivity index (χ0v) is 5.13. The van der Waals surface area contributed by atoms with Crippen molar-refractivity contribution >= 4 is 11.6 Å². The van der Waals surface area contributed by atoms with Crippen molar-refractivity contribution in [1.82, 2.24) is 0 Å². The highest BCUT2D eigenvalue weighted by atomic mass is 35.5. The number of nitrogens with two attached hydrogens (primary N) is 1. The molecule has 0 aliphatic heterocycles. The van der Waals surface area contributed by atoms with Crippen molar-refractivity contribution in [3.8, 4) is 0 Å². The minimum Gasteiger partial charge on any atom is -1.00 e. The second-order valence-electron chi connectivity index (χ2n) is 1.02. The molecule has 0 bridgehead atoms. The molecular formula is C3H8Cl2N-. The Morgan fingerprint density at radius 3 is 2.00 bits per heavy atom. The van der Waals surface area contributed by atoms with E-state index in [1.165, 1.54) is 0 Å². The van der Waals surface area contributed by atoms with E-state index in [0.29, 0.717) is 6.54 Å². The molecule has 1 atom stereocenters. The van der Waals surface area contributed by atoms with Crippen molar-refractivity contribution in [2.75, 3.05) is 6.54 Å². The topological polar surface area (TPSA) is 26.0 Å². The second kappa shape index (κ2) is 5.54. The number of alkyl halides is 1. The van der Waals surface area contributed by atoms with E-state index >= 15 is 0 Å². The molecule has 0 aromatic rings. The second-order valence-corrected chi connectivity index (χ2v) is 1.76. The molecule has 0 spiro atoms. The Hall–Kier alpha value is 0.540. The van der Waals surface area contributed by atoms with Gasteiger partial charge < -0.3 is 18.1 Å². The number of rotatable bonds is 1. The van der Waals surface area contributed by atoms with E-state index in [-0.39, 0.29) is 17.8 Å². The van der Waals surface area contributed by atoms with Gasteiger partial charge in [-0.1, -0.05) is 0 Å². The molecular weight excluding hydrogens is 121 g/mol. The van der Waals surface area contributed by atoms with Crippen molar-refractivity contribution in [2.45, 2.75) is 12.3 Å². The van der Waals surface area contributed by atoms with Crippen molar-refractivity contribution in [3.05, 3.63) is 0 Å². The van der Waals surface area contributed by atoms with E-state index in [9.17, 15) is 0 Å². The van der Waals surface area contributed by atoms with Gasteiger partial charge in [-0.15, -0.1) is 11.6 Å². The van der Waals surface area contributed by atoms with Gasteiger partial charge in [-0.05, 0) is 6.92 Å². The third-order valence-corrected chi connectivity index (χ3v) is 0.503. The van der Waals surface area contributed by atoms with Gasteiger partial charge in [-0.3, -0.25) is 0 Å². The fourth-order valence-electron chi connectivity index (χ4n) is 0. The third-order valence-electron chi connectivity index (χ3n) is 0.325. The summed E-state index contributed by atoms with van der Waals surface area (Å²) < 4.78 is 0. The smallest absolute Gasteiger partial charge is 0.0430 e. The maximum absolute atomic E-state index is 5.34. The van der Waals surface area contributed by atoms with Gasteiger partial charge in [0.05, 0.1) is 0 Å². The molecule has 2 N–H and O–H groups in total. The summed E-state index contributed by atoms with van der Waals surface area (Å²) in [5.41, 5.74) is 5.04. The average Bonchev–Trinajstić information content (AvgIpc) is 1.38. The Kier molecular flexibility index (Phi) is 8.99. The largest absolute Gasteiger partial charge is 1.00 e. The summed E-state index contributed by atoms with van der Waals surface area (Å²) in [6.07, 6.45) is 0. The fraction of sp³-hybridized carbons (Fsp3) is 1.00. The molecule has 0 aromatic heterocycles. The number of hydrogen-bond donors (Lipinski definition) is 1. The molecule has 0 fully saturated rings. The molecule has 0 aliphatic carbocycles. The van der Waals surface area contributed by atoms with Crippen LogP contribution >= 0.6 is 11.6 Å². The van der Waals surface area contributed by atoms with Crippen molar-refractivity contribution in [3.63, 3.8) is 0 Å². The first kappa shape index (κ1) is 9.74. The van der Waals surface area contributed by atoms with Crippen molar-refractivity contribution in [1.29, 1.82) is 0 Å². The van der Waals surface area contributed by atoms with Gasteiger partial charge >= 0.3 is 0 Å². The maximum Gasteiger partial charge on any atom is 0.0430 e. The fourth-order valence-corrected chi connectivity index (χ4v) is 0. The van der Waals surface area contributed by atoms with Gasteiger partial charge in [0.25, 0.3) is 0 Å². The highest BCUT2D eigenvalue weighted by Gasteiger charge is 1.83. The number of halogens is 2. The first-order valence-electron chi connectivity index (χ1n) is 1.61. The number of hydrogen-bond acceptors (Lipinski definition) is 1. The summed E-state index contributed by atoms with van der Waals surface area (Å²) in [4.78, 5) is 0. The van der Waals surface area contributed by atoms with E-state index in [1.54, 1.807) is 0 Å². The van der Waals surface area contributed by atoms with Gasteiger partial charge in [0.1, 0.15) is 0 Å². The monoisotopic (exact) mass is 128 g/mol. The van der Waals surface area contributed by atoms with Crippen LogP contribution in [0.2, 0.25) is 0 Å². The van der Waals surface area contributed by atoms with Crippen LogP contribution in [0.25, 0.3) is 0 Å². The van der Waals surface area contributed by atoms with Crippen LogP contribution in [-0.4, -0.2) is 11.9 Å². The van der Waals surface area contributed by atoms with E-state index in [2.05, 4.69) is 0 Å². The molecule has 6 heavy (non-hydrogen) atoms. The van der Waals surface area contributed by atoms with Gasteiger partial charge in [0.15, 0.2) is 0 Å². The first-order valence-corrected chi connectivity index (χ1v) is 2.05. The molecule has 0 rings (SSSR count). The van der Waals surface area contributed by atoms with Crippen molar-refractivity contribution < 1.29 is 12.4 Å². The van der Waals surface area contributed by atoms with Crippen LogP contribution in [0.15, 0.2) is 0 Å². The molecule has 0 saturated carbocycles. The molecule has 3 heteroatoms. The van der Waals surface area contributed by atoms with E-state index in [4.69, 9.17) is 17.3 Å². The zero-order chi connectivity index (χ0) is 4.28. The highest BCUT2D eigenvalue weighted by molar-refractivity contribution is 6.20. The quantitative estimate of drug-likeness (QED) is 0.391. The minimum absolute atomic E-state index is 0. The summed E-state index contributed by atoms with van der Waals surface area (Å²) in [6.45, 7) is 2.43. The van der Waals surface area contributed by atoms with Crippen molar-refractivity contribution in [2.24, 2.45) is 5.73 Å². The van der Waals surface area contributed by atoms with Gasteiger partial charge in [-0.2, -0.15) is 0 Å². The standard InChI is InChI=1S/C3H8ClN.ClH/c1-3(4)2-5;/h3H,2,5H2,1H3;1H/p-1.